The Labute approximate surface area is 277 Å². The molecule has 0 radical (unpaired) electrons. The van der Waals surface area contributed by atoms with Gasteiger partial charge in [-0.05, 0) is 92.8 Å². The number of rotatable bonds is 1. The second-order valence-corrected chi connectivity index (χ2v) is 16.6. The van der Waals surface area contributed by atoms with Crippen molar-refractivity contribution in [2.45, 2.75) is 146 Å². The first-order chi connectivity index (χ1) is 21.7. The van der Waals surface area contributed by atoms with Crippen LogP contribution in [0.5, 0.6) is 0 Å². The summed E-state index contributed by atoms with van der Waals surface area (Å²) in [5.41, 5.74) is 0. The smallest absolute Gasteiger partial charge is 0.318 e. The predicted octanol–water partition coefficient (Wildman–Crippen LogP) is 2.72. The fraction of sp³-hybridized carbons (Fsp3) is 0.970. The van der Waals surface area contributed by atoms with Crippen molar-refractivity contribution in [1.82, 2.24) is 42.5 Å². The van der Waals surface area contributed by atoms with Crippen LogP contribution in [0.2, 0.25) is 0 Å². The van der Waals surface area contributed by atoms with E-state index in [1.807, 2.05) is 23.0 Å². The first-order valence-electron chi connectivity index (χ1n) is 18.6. The largest absolute Gasteiger partial charge is 0.394 e. The molecule has 4 saturated carbocycles. The van der Waals surface area contributed by atoms with Crippen molar-refractivity contribution in [3.05, 3.63) is 0 Å². The minimum atomic E-state index is -0.0569. The van der Waals surface area contributed by atoms with Crippen molar-refractivity contribution in [2.75, 3.05) is 0 Å². The van der Waals surface area contributed by atoms with Gasteiger partial charge in [-0.15, -0.1) is 0 Å². The summed E-state index contributed by atoms with van der Waals surface area (Å²) in [6.07, 6.45) is 21.2. The van der Waals surface area contributed by atoms with E-state index in [9.17, 15) is 4.79 Å². The lowest BCUT2D eigenvalue weighted by Crippen LogP contribution is -2.62. The summed E-state index contributed by atoms with van der Waals surface area (Å²) in [6.45, 7) is 0. The van der Waals surface area contributed by atoms with Crippen molar-refractivity contribution < 1.29 is 7.86 Å². The highest BCUT2D eigenvalue weighted by Gasteiger charge is 2.56. The van der Waals surface area contributed by atoms with Crippen LogP contribution in [0.3, 0.4) is 0 Å². The van der Waals surface area contributed by atoms with E-state index in [0.29, 0.717) is 66.1 Å². The minimum absolute atomic E-state index is 0.0327. The summed E-state index contributed by atoms with van der Waals surface area (Å²) < 4.78 is 5.40. The highest BCUT2D eigenvalue weighted by molar-refractivity contribution is 14.1. The van der Waals surface area contributed by atoms with Crippen LogP contribution >= 0.6 is 23.0 Å². The molecule has 8 N–H and O–H groups in total. The summed E-state index contributed by atoms with van der Waals surface area (Å²) in [5.74, 6) is 4.48. The van der Waals surface area contributed by atoms with Crippen LogP contribution in [0.4, 0.5) is 0 Å². The normalized spacial score (nSPS) is 55.0. The van der Waals surface area contributed by atoms with Gasteiger partial charge in [0.2, 0.25) is 0 Å². The Hall–Kier alpha value is -0.120. The third kappa shape index (κ3) is 5.12. The van der Waals surface area contributed by atoms with Gasteiger partial charge in [-0.1, -0.05) is 44.9 Å². The molecule has 4 aliphatic carbocycles. The molecule has 17 atom stereocenters. The zero-order valence-electron chi connectivity index (χ0n) is 26.1. The number of hydrogen-bond donors (Lipinski definition) is 8. The lowest BCUT2D eigenvalue weighted by Gasteiger charge is -2.38. The molecular formula is C33H55IN8O2. The third-order valence-electron chi connectivity index (χ3n) is 14.3. The maximum absolute atomic E-state index is 13.2. The number of nitrogens with one attached hydrogen (secondary N) is 8. The number of hydrogen-bond acceptors (Lipinski definition) is 10. The Morgan fingerprint density at radius 1 is 0.409 bits per heavy atom. The van der Waals surface area contributed by atoms with Crippen molar-refractivity contribution >= 4 is 29.0 Å². The van der Waals surface area contributed by atoms with Crippen molar-refractivity contribution in [3.63, 3.8) is 0 Å². The van der Waals surface area contributed by atoms with E-state index < -0.39 is 0 Å². The van der Waals surface area contributed by atoms with Gasteiger partial charge in [0.1, 0.15) is 0 Å². The molecular weight excluding hydrogens is 667 g/mol. The van der Waals surface area contributed by atoms with Crippen LogP contribution in [0.25, 0.3) is 0 Å². The van der Waals surface area contributed by atoms with Crippen LogP contribution in [-0.4, -0.2) is 55.3 Å². The van der Waals surface area contributed by atoms with E-state index in [0.717, 1.165) is 19.3 Å². The van der Waals surface area contributed by atoms with Crippen LogP contribution in [0.1, 0.15) is 96.3 Å². The topological polar surface area (TPSA) is 123 Å². The molecule has 246 valence electrons. The zero-order chi connectivity index (χ0) is 29.4. The molecule has 0 aromatic carbocycles. The molecule has 44 heavy (non-hydrogen) atoms. The summed E-state index contributed by atoms with van der Waals surface area (Å²) in [7, 11) is 0. The molecule has 0 spiro atoms. The van der Waals surface area contributed by atoms with E-state index in [4.69, 9.17) is 3.07 Å². The Balaban J connectivity index is 1.07. The van der Waals surface area contributed by atoms with Crippen molar-refractivity contribution in [3.8, 4) is 0 Å². The first-order valence-corrected chi connectivity index (χ1v) is 19.5. The van der Waals surface area contributed by atoms with Gasteiger partial charge in [0.05, 0.1) is 55.2 Å². The molecule has 0 aromatic heterocycles. The van der Waals surface area contributed by atoms with Gasteiger partial charge in [0.25, 0.3) is 0 Å². The van der Waals surface area contributed by atoms with Gasteiger partial charge in [0.15, 0.2) is 23.0 Å². The Kier molecular flexibility index (Phi) is 8.45. The molecule has 11 heteroatoms. The number of carbonyl (C=O) groups excluding carboxylic acids is 1. The zero-order valence-corrected chi connectivity index (χ0v) is 28.3. The van der Waals surface area contributed by atoms with Crippen LogP contribution in [0, 0.1) is 53.3 Å². The maximum Gasteiger partial charge on any atom is 0.318 e. The standard InChI is InChI=1S/C33H55IN8O2/c34-44-33(43)23-15-7-14-22-24(23)32-41-30-21-13-6-5-12-20(21)28(39-30)37-26-17-9-2-1-8-16(17)25(35-26)36-27-18-10-3-4-11-19(18)29(38-27)40-31(22)42-32/h16-32,35-42H,1-15H2. The van der Waals surface area contributed by atoms with E-state index in [1.54, 1.807) is 0 Å². The molecule has 5 aliphatic heterocycles. The molecule has 9 fully saturated rings. The van der Waals surface area contributed by atoms with Crippen molar-refractivity contribution in [1.29, 1.82) is 0 Å². The number of carbonyl (C=O) groups is 1. The second-order valence-electron chi connectivity index (χ2n) is 16.2. The van der Waals surface area contributed by atoms with Gasteiger partial charge < -0.3 is 3.07 Å². The van der Waals surface area contributed by atoms with E-state index in [2.05, 4.69) is 42.5 Å². The van der Waals surface area contributed by atoms with Gasteiger partial charge in [-0.25, -0.2) is 0 Å². The number of fused-ring (bicyclic) bond motifs is 20. The van der Waals surface area contributed by atoms with Crippen LogP contribution in [-0.2, 0) is 7.86 Å². The quantitative estimate of drug-likeness (QED) is 0.192. The van der Waals surface area contributed by atoms with Gasteiger partial charge in [-0.2, -0.15) is 0 Å². The Morgan fingerprint density at radius 2 is 0.705 bits per heavy atom. The fourth-order valence-electron chi connectivity index (χ4n) is 12.4. The summed E-state index contributed by atoms with van der Waals surface area (Å²) >= 11 is 1.81. The molecule has 0 aromatic rings. The second kappa shape index (κ2) is 12.4. The first kappa shape index (κ1) is 30.0. The van der Waals surface area contributed by atoms with Gasteiger partial charge in [-0.3, -0.25) is 47.3 Å². The third-order valence-corrected chi connectivity index (χ3v) is 14.7. The SMILES string of the molecule is O=C(OI)C1CCCC2C3NC4NC(NC5NC(NC6NC(NC(N3)C12)C1CCCCC61)C1CCCCC51)C1CCCCC41. The maximum atomic E-state index is 13.2. The monoisotopic (exact) mass is 722 g/mol. The average molecular weight is 723 g/mol. The molecule has 10 nitrogen and oxygen atoms in total. The van der Waals surface area contributed by atoms with Crippen LogP contribution in [0.15, 0.2) is 0 Å². The molecule has 9 aliphatic rings. The molecule has 9 rings (SSSR count). The lowest BCUT2D eigenvalue weighted by atomic mass is 9.71. The van der Waals surface area contributed by atoms with Gasteiger partial charge in [0, 0.05) is 5.92 Å². The Morgan fingerprint density at radius 3 is 1.05 bits per heavy atom. The van der Waals surface area contributed by atoms with Gasteiger partial charge >= 0.3 is 5.97 Å². The van der Waals surface area contributed by atoms with E-state index in [-0.39, 0.29) is 42.5 Å². The van der Waals surface area contributed by atoms with Crippen LogP contribution < -0.4 is 42.5 Å². The molecule has 8 bridgehead atoms. The summed E-state index contributed by atoms with van der Waals surface area (Å²) in [5, 5.41) is 33.3. The summed E-state index contributed by atoms with van der Waals surface area (Å²) in [4.78, 5) is 13.2. The van der Waals surface area contributed by atoms with Crippen molar-refractivity contribution in [2.24, 2.45) is 53.3 Å². The molecule has 5 heterocycles. The minimum Gasteiger partial charge on any atom is -0.394 e. The predicted molar refractivity (Wildman–Crippen MR) is 176 cm³/mol. The van der Waals surface area contributed by atoms with E-state index in [1.165, 1.54) is 77.0 Å². The van der Waals surface area contributed by atoms with E-state index >= 15 is 0 Å². The molecule has 0 amide bonds. The highest BCUT2D eigenvalue weighted by Crippen LogP contribution is 2.47. The molecule has 5 saturated heterocycles. The lowest BCUT2D eigenvalue weighted by molar-refractivity contribution is -0.140. The Bertz CT molecular complexity index is 1070. The molecule has 17 unspecified atom stereocenters. The average Bonchev–Trinajstić information content (AvgIpc) is 3.80. The summed E-state index contributed by atoms with van der Waals surface area (Å²) in [6, 6.07) is 0. The number of halogens is 1. The highest BCUT2D eigenvalue weighted by atomic mass is 127. The fourth-order valence-corrected chi connectivity index (χ4v) is 12.7.